The third kappa shape index (κ3) is 7.69. The molecule has 0 bridgehead atoms. The van der Waals surface area contributed by atoms with Crippen LogP contribution in [0, 0.1) is 0 Å². The molecule has 0 radical (unpaired) electrons. The molecule has 0 aliphatic heterocycles. The SMILES string of the molecule is C=CCCCC(=O)OC(Cl)Cl. The van der Waals surface area contributed by atoms with Gasteiger partial charge in [0.2, 0.25) is 0 Å². The van der Waals surface area contributed by atoms with Gasteiger partial charge in [0.05, 0.1) is 0 Å². The number of ether oxygens (including phenoxy) is 1. The van der Waals surface area contributed by atoms with Gasteiger partial charge in [0, 0.05) is 6.42 Å². The minimum atomic E-state index is -1.05. The van der Waals surface area contributed by atoms with Crippen molar-refractivity contribution in [2.45, 2.75) is 24.3 Å². The first kappa shape index (κ1) is 10.8. The van der Waals surface area contributed by atoms with E-state index in [4.69, 9.17) is 23.2 Å². The van der Waals surface area contributed by atoms with Gasteiger partial charge in [-0.1, -0.05) is 29.3 Å². The number of hydrogen-bond acceptors (Lipinski definition) is 2. The molecule has 0 atom stereocenters. The average molecular weight is 197 g/mol. The maximum absolute atomic E-state index is 10.7. The minimum absolute atomic E-state index is 0.335. The predicted molar refractivity (Wildman–Crippen MR) is 45.6 cm³/mol. The largest absolute Gasteiger partial charge is 0.431 e. The van der Waals surface area contributed by atoms with Gasteiger partial charge in [0.15, 0.2) is 0 Å². The first-order chi connectivity index (χ1) is 5.16. The fourth-order valence-electron chi connectivity index (χ4n) is 0.549. The monoisotopic (exact) mass is 196 g/mol. The summed E-state index contributed by atoms with van der Waals surface area (Å²) in [6, 6.07) is 0. The van der Waals surface area contributed by atoms with E-state index in [1.165, 1.54) is 0 Å². The molecule has 0 heterocycles. The highest BCUT2D eigenvalue weighted by Gasteiger charge is 2.06. The van der Waals surface area contributed by atoms with Gasteiger partial charge in [-0.3, -0.25) is 4.79 Å². The molecule has 11 heavy (non-hydrogen) atoms. The molecule has 0 amide bonds. The molecule has 0 saturated carbocycles. The fraction of sp³-hybridized carbons (Fsp3) is 0.571. The summed E-state index contributed by atoms with van der Waals surface area (Å²) < 4.78 is 4.45. The molecule has 0 aliphatic rings. The van der Waals surface area contributed by atoms with Crippen LogP contribution < -0.4 is 0 Å². The van der Waals surface area contributed by atoms with Crippen LogP contribution in [0.2, 0.25) is 0 Å². The minimum Gasteiger partial charge on any atom is -0.431 e. The van der Waals surface area contributed by atoms with Gasteiger partial charge in [-0.2, -0.15) is 0 Å². The lowest BCUT2D eigenvalue weighted by molar-refractivity contribution is -0.143. The second-order valence-corrected chi connectivity index (χ2v) is 2.95. The van der Waals surface area contributed by atoms with E-state index in [1.807, 2.05) is 0 Å². The topological polar surface area (TPSA) is 26.3 Å². The van der Waals surface area contributed by atoms with Gasteiger partial charge < -0.3 is 4.74 Å². The third-order valence-electron chi connectivity index (χ3n) is 1.01. The van der Waals surface area contributed by atoms with Gasteiger partial charge in [-0.05, 0) is 12.8 Å². The van der Waals surface area contributed by atoms with Crippen LogP contribution in [-0.2, 0) is 9.53 Å². The molecule has 2 nitrogen and oxygen atoms in total. The molecule has 0 fully saturated rings. The maximum atomic E-state index is 10.7. The van der Waals surface area contributed by atoms with E-state index in [1.54, 1.807) is 6.08 Å². The number of halogens is 2. The Hall–Kier alpha value is -0.210. The zero-order valence-corrected chi connectivity index (χ0v) is 7.57. The van der Waals surface area contributed by atoms with Gasteiger partial charge in [-0.15, -0.1) is 6.58 Å². The summed E-state index contributed by atoms with van der Waals surface area (Å²) in [5.74, 6) is -0.373. The zero-order valence-electron chi connectivity index (χ0n) is 6.06. The Morgan fingerprint density at radius 1 is 1.64 bits per heavy atom. The van der Waals surface area contributed by atoms with Crippen molar-refractivity contribution in [3.8, 4) is 0 Å². The van der Waals surface area contributed by atoms with E-state index >= 15 is 0 Å². The Kier molecular flexibility index (Phi) is 6.37. The van der Waals surface area contributed by atoms with Crippen molar-refractivity contribution in [3.05, 3.63) is 12.7 Å². The van der Waals surface area contributed by atoms with Crippen molar-refractivity contribution >= 4 is 29.2 Å². The Balaban J connectivity index is 3.30. The second kappa shape index (κ2) is 6.50. The molecule has 0 spiro atoms. The van der Waals surface area contributed by atoms with Crippen molar-refractivity contribution in [2.24, 2.45) is 0 Å². The number of carbonyl (C=O) groups excluding carboxylic acids is 1. The standard InChI is InChI=1S/C7H10Cl2O2/c1-2-3-4-5-6(10)11-7(8)9/h2,7H,1,3-5H2. The summed E-state index contributed by atoms with van der Waals surface area (Å²) in [4.78, 5) is 10.7. The molecule has 0 unspecified atom stereocenters. The Bertz CT molecular complexity index is 134. The van der Waals surface area contributed by atoms with E-state index in [0.717, 1.165) is 12.8 Å². The van der Waals surface area contributed by atoms with Gasteiger partial charge in [0.1, 0.15) is 0 Å². The van der Waals surface area contributed by atoms with E-state index in [0.29, 0.717) is 6.42 Å². The van der Waals surface area contributed by atoms with E-state index < -0.39 is 5.02 Å². The molecule has 0 N–H and O–H groups in total. The zero-order chi connectivity index (χ0) is 8.69. The van der Waals surface area contributed by atoms with Crippen molar-refractivity contribution in [2.75, 3.05) is 0 Å². The van der Waals surface area contributed by atoms with Gasteiger partial charge in [-0.25, -0.2) is 0 Å². The molecule has 0 aromatic carbocycles. The van der Waals surface area contributed by atoms with Gasteiger partial charge >= 0.3 is 5.97 Å². The number of esters is 1. The highest BCUT2D eigenvalue weighted by atomic mass is 35.5. The van der Waals surface area contributed by atoms with Gasteiger partial charge in [0.25, 0.3) is 5.02 Å². The molecular formula is C7H10Cl2O2. The van der Waals surface area contributed by atoms with Crippen LogP contribution in [0.4, 0.5) is 0 Å². The van der Waals surface area contributed by atoms with Crippen LogP contribution in [0.15, 0.2) is 12.7 Å². The molecular weight excluding hydrogens is 187 g/mol. The molecule has 0 saturated heterocycles. The lowest BCUT2D eigenvalue weighted by Crippen LogP contribution is -2.06. The van der Waals surface area contributed by atoms with Crippen molar-refractivity contribution in [1.82, 2.24) is 0 Å². The summed E-state index contributed by atoms with van der Waals surface area (Å²) in [5, 5.41) is -1.05. The summed E-state index contributed by atoms with van der Waals surface area (Å²) in [6.07, 6.45) is 3.60. The van der Waals surface area contributed by atoms with Crippen molar-refractivity contribution in [3.63, 3.8) is 0 Å². The Labute approximate surface area is 76.1 Å². The number of rotatable bonds is 5. The molecule has 4 heteroatoms. The van der Waals surface area contributed by atoms with Crippen LogP contribution in [0.5, 0.6) is 0 Å². The quantitative estimate of drug-likeness (QED) is 0.293. The first-order valence-corrected chi connectivity index (χ1v) is 4.12. The van der Waals surface area contributed by atoms with Crippen LogP contribution in [-0.4, -0.2) is 11.0 Å². The molecule has 0 aliphatic carbocycles. The number of alkyl halides is 2. The highest BCUT2D eigenvalue weighted by Crippen LogP contribution is 2.06. The highest BCUT2D eigenvalue weighted by molar-refractivity contribution is 6.43. The summed E-state index contributed by atoms with van der Waals surface area (Å²) in [7, 11) is 0. The summed E-state index contributed by atoms with van der Waals surface area (Å²) >= 11 is 10.4. The predicted octanol–water partition coefficient (Wildman–Crippen LogP) is 2.65. The van der Waals surface area contributed by atoms with Crippen LogP contribution in [0.1, 0.15) is 19.3 Å². The van der Waals surface area contributed by atoms with Crippen LogP contribution >= 0.6 is 23.2 Å². The Morgan fingerprint density at radius 3 is 2.73 bits per heavy atom. The number of hydrogen-bond donors (Lipinski definition) is 0. The fourth-order valence-corrected chi connectivity index (χ4v) is 0.748. The van der Waals surface area contributed by atoms with E-state index in [9.17, 15) is 4.79 Å². The number of unbranched alkanes of at least 4 members (excludes halogenated alkanes) is 1. The molecule has 0 aromatic rings. The Morgan fingerprint density at radius 2 is 2.27 bits per heavy atom. The molecule has 0 rings (SSSR count). The molecule has 64 valence electrons. The van der Waals surface area contributed by atoms with E-state index in [2.05, 4.69) is 11.3 Å². The second-order valence-electron chi connectivity index (χ2n) is 1.93. The van der Waals surface area contributed by atoms with E-state index in [-0.39, 0.29) is 5.97 Å². The van der Waals surface area contributed by atoms with Crippen LogP contribution in [0.25, 0.3) is 0 Å². The maximum Gasteiger partial charge on any atom is 0.308 e. The first-order valence-electron chi connectivity index (χ1n) is 3.25. The number of carbonyl (C=O) groups is 1. The summed E-state index contributed by atoms with van der Waals surface area (Å²) in [6.45, 7) is 3.51. The van der Waals surface area contributed by atoms with Crippen molar-refractivity contribution < 1.29 is 9.53 Å². The number of allylic oxidation sites excluding steroid dienone is 1. The van der Waals surface area contributed by atoms with Crippen LogP contribution in [0.3, 0.4) is 0 Å². The average Bonchev–Trinajstić information content (AvgIpc) is 1.86. The summed E-state index contributed by atoms with van der Waals surface area (Å²) in [5.41, 5.74) is 0. The van der Waals surface area contributed by atoms with Crippen molar-refractivity contribution in [1.29, 1.82) is 0 Å². The smallest absolute Gasteiger partial charge is 0.308 e. The lowest BCUT2D eigenvalue weighted by Gasteiger charge is -2.02. The lowest BCUT2D eigenvalue weighted by atomic mass is 10.2. The normalized spacial score (nSPS) is 9.73. The molecule has 0 aromatic heterocycles. The third-order valence-corrected chi connectivity index (χ3v) is 1.19.